The Morgan fingerprint density at radius 1 is 1.33 bits per heavy atom. The Balaban J connectivity index is 0. The van der Waals surface area contributed by atoms with Gasteiger partial charge in [-0.2, -0.15) is 0 Å². The van der Waals surface area contributed by atoms with Crippen LogP contribution in [0.4, 0.5) is 0 Å². The van der Waals surface area contributed by atoms with Crippen molar-refractivity contribution in [2.24, 2.45) is 0 Å². The molecule has 1 N–H and O–H groups in total. The molecule has 0 atom stereocenters. The summed E-state index contributed by atoms with van der Waals surface area (Å²) in [6.45, 7) is 4.42. The normalized spacial score (nSPS) is 14.7. The second-order valence-corrected chi connectivity index (χ2v) is 3.92. The molecule has 1 fully saturated rings. The average Bonchev–Trinajstić information content (AvgIpc) is 2.43. The molecule has 0 unspecified atom stereocenters. The molecule has 3 heteroatoms. The van der Waals surface area contributed by atoms with Gasteiger partial charge in [-0.25, -0.2) is 0 Å². The van der Waals surface area contributed by atoms with E-state index in [1.54, 1.807) is 11.8 Å². The molecule has 1 nitrogen and oxygen atoms in total. The molecule has 0 saturated carbocycles. The highest BCUT2D eigenvalue weighted by molar-refractivity contribution is 8.14. The van der Waals surface area contributed by atoms with E-state index in [1.165, 1.54) is 31.4 Å². The number of halogens is 1. The van der Waals surface area contributed by atoms with Crippen molar-refractivity contribution in [3.63, 3.8) is 0 Å². The maximum absolute atomic E-state index is 7.01. The molecule has 0 amide bonds. The van der Waals surface area contributed by atoms with Gasteiger partial charge in [-0.15, -0.1) is 24.2 Å². The van der Waals surface area contributed by atoms with Crippen LogP contribution in [-0.2, 0) is 0 Å². The molecule has 0 aromatic heterocycles. The van der Waals surface area contributed by atoms with Gasteiger partial charge in [0.2, 0.25) is 0 Å². The number of rotatable bonds is 2. The van der Waals surface area contributed by atoms with Crippen LogP contribution in [0.1, 0.15) is 46.0 Å². The number of unbranched alkanes of at least 4 members (excludes halogenated alkanes) is 2. The molecule has 74 valence electrons. The molecule has 0 spiro atoms. The molecular formula is C9H20ClNS. The van der Waals surface area contributed by atoms with Gasteiger partial charge in [-0.3, -0.25) is 5.41 Å². The standard InChI is InChI=1S/C5H12.C4H7NS.ClH/c1-3-5-4-2;5-4-2-1-3-6-4;/h3-5H2,1-2H3;5H,1-3H2;1H. The number of hydrogen-bond donors (Lipinski definition) is 1. The Morgan fingerprint density at radius 2 is 1.92 bits per heavy atom. The van der Waals surface area contributed by atoms with Crippen molar-refractivity contribution >= 4 is 29.2 Å². The summed E-state index contributed by atoms with van der Waals surface area (Å²) in [6, 6.07) is 0. The summed E-state index contributed by atoms with van der Waals surface area (Å²) in [7, 11) is 0. The van der Waals surface area contributed by atoms with Crippen LogP contribution in [0, 0.1) is 5.41 Å². The van der Waals surface area contributed by atoms with Gasteiger partial charge in [0.1, 0.15) is 0 Å². The van der Waals surface area contributed by atoms with Crippen molar-refractivity contribution in [3.05, 3.63) is 0 Å². The lowest BCUT2D eigenvalue weighted by atomic mass is 10.3. The van der Waals surface area contributed by atoms with Gasteiger partial charge in [-0.1, -0.05) is 33.1 Å². The minimum Gasteiger partial charge on any atom is -0.298 e. The van der Waals surface area contributed by atoms with Crippen LogP contribution < -0.4 is 0 Å². The zero-order valence-electron chi connectivity index (χ0n) is 8.06. The highest BCUT2D eigenvalue weighted by atomic mass is 35.5. The fourth-order valence-electron chi connectivity index (χ4n) is 0.854. The predicted molar refractivity (Wildman–Crippen MR) is 61.9 cm³/mol. The van der Waals surface area contributed by atoms with Crippen LogP contribution in [0.25, 0.3) is 0 Å². The summed E-state index contributed by atoms with van der Waals surface area (Å²) in [5.74, 6) is 1.18. The van der Waals surface area contributed by atoms with Crippen LogP contribution in [0.15, 0.2) is 0 Å². The molecule has 0 aliphatic carbocycles. The summed E-state index contributed by atoms with van der Waals surface area (Å²) < 4.78 is 0. The third-order valence-corrected chi connectivity index (χ3v) is 2.58. The topological polar surface area (TPSA) is 23.9 Å². The van der Waals surface area contributed by atoms with E-state index in [2.05, 4.69) is 13.8 Å². The average molecular weight is 210 g/mol. The van der Waals surface area contributed by atoms with Crippen molar-refractivity contribution in [1.82, 2.24) is 0 Å². The Labute approximate surface area is 86.6 Å². The largest absolute Gasteiger partial charge is 0.298 e. The Hall–Kier alpha value is 0.310. The zero-order valence-corrected chi connectivity index (χ0v) is 9.69. The quantitative estimate of drug-likeness (QED) is 0.727. The van der Waals surface area contributed by atoms with E-state index in [-0.39, 0.29) is 12.4 Å². The van der Waals surface area contributed by atoms with E-state index in [0.29, 0.717) is 0 Å². The molecule has 1 heterocycles. The summed E-state index contributed by atoms with van der Waals surface area (Å²) >= 11 is 1.68. The number of nitrogens with one attached hydrogen (secondary N) is 1. The Morgan fingerprint density at radius 3 is 2.00 bits per heavy atom. The lowest BCUT2D eigenvalue weighted by molar-refractivity contribution is 0.772. The molecule has 1 rings (SSSR count). The first kappa shape index (κ1) is 14.8. The minimum absolute atomic E-state index is 0. The van der Waals surface area contributed by atoms with Gasteiger partial charge in [0.05, 0.1) is 5.04 Å². The molecule has 12 heavy (non-hydrogen) atoms. The first-order chi connectivity index (χ1) is 5.31. The summed E-state index contributed by atoms with van der Waals surface area (Å²) in [4.78, 5) is 0. The fourth-order valence-corrected chi connectivity index (χ4v) is 1.68. The van der Waals surface area contributed by atoms with Crippen molar-refractivity contribution in [3.8, 4) is 0 Å². The Bertz CT molecular complexity index is 96.7. The molecule has 1 aliphatic rings. The zero-order chi connectivity index (χ0) is 8.53. The van der Waals surface area contributed by atoms with Gasteiger partial charge in [0.15, 0.2) is 0 Å². The number of thioether (sulfide) groups is 1. The monoisotopic (exact) mass is 209 g/mol. The van der Waals surface area contributed by atoms with Gasteiger partial charge in [0, 0.05) is 0 Å². The van der Waals surface area contributed by atoms with E-state index in [1.807, 2.05) is 0 Å². The maximum atomic E-state index is 7.01. The molecule has 0 aromatic rings. The Kier molecular flexibility index (Phi) is 14.0. The molecule has 1 saturated heterocycles. The smallest absolute Gasteiger partial charge is 0.0641 e. The lowest BCUT2D eigenvalue weighted by Crippen LogP contribution is -1.73. The predicted octanol–water partition coefficient (Wildman–Crippen LogP) is 4.11. The summed E-state index contributed by atoms with van der Waals surface area (Å²) in [6.07, 6.45) is 6.33. The highest BCUT2D eigenvalue weighted by Crippen LogP contribution is 2.17. The maximum Gasteiger partial charge on any atom is 0.0641 e. The summed E-state index contributed by atoms with van der Waals surface area (Å²) in [5, 5.41) is 7.88. The third kappa shape index (κ3) is 10.3. The fraction of sp³-hybridized carbons (Fsp3) is 0.889. The van der Waals surface area contributed by atoms with E-state index in [9.17, 15) is 0 Å². The molecule has 0 radical (unpaired) electrons. The SMILES string of the molecule is CCCCC.Cl.N=C1CCCS1. The second-order valence-electron chi connectivity index (χ2n) is 2.73. The van der Waals surface area contributed by atoms with E-state index >= 15 is 0 Å². The highest BCUT2D eigenvalue weighted by Gasteiger charge is 2.04. The molecule has 1 aliphatic heterocycles. The number of hydrogen-bond acceptors (Lipinski definition) is 2. The van der Waals surface area contributed by atoms with Crippen molar-refractivity contribution in [1.29, 1.82) is 5.41 Å². The van der Waals surface area contributed by atoms with Gasteiger partial charge >= 0.3 is 0 Å². The van der Waals surface area contributed by atoms with E-state index in [0.717, 1.165) is 11.5 Å². The van der Waals surface area contributed by atoms with Crippen molar-refractivity contribution < 1.29 is 0 Å². The van der Waals surface area contributed by atoms with E-state index in [4.69, 9.17) is 5.41 Å². The van der Waals surface area contributed by atoms with Crippen molar-refractivity contribution in [2.75, 3.05) is 5.75 Å². The second kappa shape index (κ2) is 11.3. The minimum atomic E-state index is 0. The first-order valence-corrected chi connectivity index (χ1v) is 5.50. The molecular weight excluding hydrogens is 190 g/mol. The van der Waals surface area contributed by atoms with Crippen molar-refractivity contribution in [2.45, 2.75) is 46.0 Å². The van der Waals surface area contributed by atoms with Gasteiger partial charge < -0.3 is 0 Å². The van der Waals surface area contributed by atoms with Crippen LogP contribution in [0.5, 0.6) is 0 Å². The molecule has 0 aromatic carbocycles. The van der Waals surface area contributed by atoms with Crippen LogP contribution in [0.2, 0.25) is 0 Å². The first-order valence-electron chi connectivity index (χ1n) is 4.51. The van der Waals surface area contributed by atoms with Crippen LogP contribution in [-0.4, -0.2) is 10.8 Å². The van der Waals surface area contributed by atoms with E-state index < -0.39 is 0 Å². The van der Waals surface area contributed by atoms with Crippen LogP contribution >= 0.6 is 24.2 Å². The third-order valence-electron chi connectivity index (χ3n) is 1.53. The van der Waals surface area contributed by atoms with Gasteiger partial charge in [0.25, 0.3) is 0 Å². The summed E-state index contributed by atoms with van der Waals surface area (Å²) in [5.41, 5.74) is 0. The lowest BCUT2D eigenvalue weighted by Gasteiger charge is -1.79. The van der Waals surface area contributed by atoms with Gasteiger partial charge in [-0.05, 0) is 18.6 Å². The molecule has 0 bridgehead atoms. The van der Waals surface area contributed by atoms with Crippen LogP contribution in [0.3, 0.4) is 0 Å².